The Hall–Kier alpha value is -1.25. The number of rotatable bonds is 1. The summed E-state index contributed by atoms with van der Waals surface area (Å²) in [6, 6.07) is 5.59. The van der Waals surface area contributed by atoms with Crippen molar-refractivity contribution in [3.8, 4) is 0 Å². The minimum absolute atomic E-state index is 0.158. The molecule has 1 aromatic rings. The first kappa shape index (κ1) is 12.8. The van der Waals surface area contributed by atoms with Gasteiger partial charge in [-0.05, 0) is 44.9 Å². The molecule has 1 spiro atoms. The molecule has 104 valence electrons. The van der Waals surface area contributed by atoms with Gasteiger partial charge in [-0.15, -0.1) is 0 Å². The van der Waals surface area contributed by atoms with Crippen molar-refractivity contribution in [3.05, 3.63) is 24.0 Å². The first-order valence-corrected chi connectivity index (χ1v) is 7.45. The van der Waals surface area contributed by atoms with E-state index in [0.717, 1.165) is 12.2 Å². The molecule has 19 heavy (non-hydrogen) atoms. The summed E-state index contributed by atoms with van der Waals surface area (Å²) in [5.41, 5.74) is 2.35. The van der Waals surface area contributed by atoms with Crippen LogP contribution in [0.1, 0.15) is 46.0 Å². The van der Waals surface area contributed by atoms with Gasteiger partial charge in [-0.2, -0.15) is 0 Å². The van der Waals surface area contributed by atoms with E-state index in [0.29, 0.717) is 6.04 Å². The van der Waals surface area contributed by atoms with Crippen molar-refractivity contribution in [1.29, 1.82) is 0 Å². The van der Waals surface area contributed by atoms with Gasteiger partial charge in [0.25, 0.3) is 0 Å². The minimum Gasteiger partial charge on any atom is -0.381 e. The van der Waals surface area contributed by atoms with Crippen LogP contribution in [0, 0.1) is 5.82 Å². The van der Waals surface area contributed by atoms with Crippen LogP contribution in [0.15, 0.2) is 18.2 Å². The number of hydrogen-bond donors (Lipinski definition) is 1. The van der Waals surface area contributed by atoms with Crippen LogP contribution in [0.3, 0.4) is 0 Å². The summed E-state index contributed by atoms with van der Waals surface area (Å²) >= 11 is 0. The monoisotopic (exact) mass is 262 g/mol. The van der Waals surface area contributed by atoms with Crippen molar-refractivity contribution < 1.29 is 4.39 Å². The zero-order valence-electron chi connectivity index (χ0n) is 11.9. The zero-order valence-corrected chi connectivity index (χ0v) is 11.9. The summed E-state index contributed by atoms with van der Waals surface area (Å²) in [5.74, 6) is -0.158. The molecule has 1 aliphatic heterocycles. The van der Waals surface area contributed by atoms with Crippen LogP contribution in [-0.2, 0) is 0 Å². The Morgan fingerprint density at radius 1 is 1.21 bits per heavy atom. The third-order valence-electron chi connectivity index (χ3n) is 4.64. The van der Waals surface area contributed by atoms with Crippen molar-refractivity contribution in [2.45, 2.75) is 57.5 Å². The van der Waals surface area contributed by atoms with Gasteiger partial charge in [-0.1, -0.05) is 19.3 Å². The predicted molar refractivity (Wildman–Crippen MR) is 78.3 cm³/mol. The summed E-state index contributed by atoms with van der Waals surface area (Å²) in [6.07, 6.45) is 6.46. The quantitative estimate of drug-likeness (QED) is 0.817. The minimum atomic E-state index is -0.158. The summed E-state index contributed by atoms with van der Waals surface area (Å²) in [5, 5.41) is 3.47. The average molecular weight is 262 g/mol. The highest BCUT2D eigenvalue weighted by atomic mass is 19.1. The van der Waals surface area contributed by atoms with Gasteiger partial charge in [0.2, 0.25) is 0 Å². The highest BCUT2D eigenvalue weighted by Gasteiger charge is 2.42. The molecule has 1 heterocycles. The highest BCUT2D eigenvalue weighted by Crippen LogP contribution is 2.44. The second-order valence-electron chi connectivity index (χ2n) is 6.26. The van der Waals surface area contributed by atoms with Crippen LogP contribution in [0.4, 0.5) is 15.8 Å². The van der Waals surface area contributed by atoms with Gasteiger partial charge in [0.15, 0.2) is 0 Å². The Morgan fingerprint density at radius 3 is 2.63 bits per heavy atom. The first-order valence-electron chi connectivity index (χ1n) is 7.45. The smallest absolute Gasteiger partial charge is 0.125 e. The Balaban J connectivity index is 2.04. The van der Waals surface area contributed by atoms with E-state index >= 15 is 0 Å². The van der Waals surface area contributed by atoms with Gasteiger partial charge in [0, 0.05) is 12.6 Å². The molecule has 0 atom stereocenters. The number of hydrogen-bond acceptors (Lipinski definition) is 2. The molecule has 3 rings (SSSR count). The first-order chi connectivity index (χ1) is 9.12. The van der Waals surface area contributed by atoms with E-state index in [4.69, 9.17) is 0 Å². The summed E-state index contributed by atoms with van der Waals surface area (Å²) in [4.78, 5) is 2.54. The maximum Gasteiger partial charge on any atom is 0.125 e. The summed E-state index contributed by atoms with van der Waals surface area (Å²) < 4.78 is 13.4. The Labute approximate surface area is 115 Å². The van der Waals surface area contributed by atoms with E-state index in [2.05, 4.69) is 24.1 Å². The SMILES string of the molecule is CC(C)N1c2ccc(F)cc2NCC12CCCCC2. The van der Waals surface area contributed by atoms with Gasteiger partial charge in [0.1, 0.15) is 5.82 Å². The molecular formula is C16H23FN2. The van der Waals surface area contributed by atoms with E-state index in [1.54, 1.807) is 12.1 Å². The molecule has 2 aliphatic rings. The molecule has 0 amide bonds. The standard InChI is InChI=1S/C16H23FN2/c1-12(2)19-15-7-6-13(17)10-14(15)18-11-16(19)8-4-3-5-9-16/h6-7,10,12,18H,3-5,8-9,11H2,1-2H3. The second-order valence-corrected chi connectivity index (χ2v) is 6.26. The lowest BCUT2D eigenvalue weighted by Crippen LogP contribution is -2.59. The van der Waals surface area contributed by atoms with E-state index in [1.165, 1.54) is 37.8 Å². The van der Waals surface area contributed by atoms with Crippen LogP contribution in [0.25, 0.3) is 0 Å². The maximum atomic E-state index is 13.4. The molecule has 0 radical (unpaired) electrons. The molecule has 1 N–H and O–H groups in total. The van der Waals surface area contributed by atoms with Crippen LogP contribution < -0.4 is 10.2 Å². The van der Waals surface area contributed by atoms with Crippen molar-refractivity contribution in [1.82, 2.24) is 0 Å². The lowest BCUT2D eigenvalue weighted by atomic mass is 9.77. The fourth-order valence-electron chi connectivity index (χ4n) is 3.91. The van der Waals surface area contributed by atoms with Gasteiger partial charge in [0.05, 0.1) is 16.9 Å². The van der Waals surface area contributed by atoms with Crippen LogP contribution in [0.5, 0.6) is 0 Å². The molecule has 1 aromatic carbocycles. The summed E-state index contributed by atoms with van der Waals surface area (Å²) in [7, 11) is 0. The Morgan fingerprint density at radius 2 is 1.95 bits per heavy atom. The van der Waals surface area contributed by atoms with Crippen LogP contribution in [-0.4, -0.2) is 18.1 Å². The fraction of sp³-hybridized carbons (Fsp3) is 0.625. The maximum absolute atomic E-state index is 13.4. The lowest BCUT2D eigenvalue weighted by Gasteiger charge is -2.53. The van der Waals surface area contributed by atoms with E-state index in [9.17, 15) is 4.39 Å². The Kier molecular flexibility index (Phi) is 3.15. The van der Waals surface area contributed by atoms with Crippen molar-refractivity contribution in [2.24, 2.45) is 0 Å². The third-order valence-corrected chi connectivity index (χ3v) is 4.64. The number of fused-ring (bicyclic) bond motifs is 1. The summed E-state index contributed by atoms with van der Waals surface area (Å²) in [6.45, 7) is 5.44. The number of benzene rings is 1. The molecule has 3 heteroatoms. The van der Waals surface area contributed by atoms with Crippen molar-refractivity contribution >= 4 is 11.4 Å². The van der Waals surface area contributed by atoms with Crippen LogP contribution in [0.2, 0.25) is 0 Å². The van der Waals surface area contributed by atoms with Crippen LogP contribution >= 0.6 is 0 Å². The Bertz CT molecular complexity index is 464. The molecule has 2 nitrogen and oxygen atoms in total. The van der Waals surface area contributed by atoms with Gasteiger partial charge in [-0.3, -0.25) is 0 Å². The highest BCUT2D eigenvalue weighted by molar-refractivity contribution is 5.74. The number of nitrogens with one attached hydrogen (secondary N) is 1. The van der Waals surface area contributed by atoms with Crippen molar-refractivity contribution in [3.63, 3.8) is 0 Å². The molecule has 1 saturated carbocycles. The van der Waals surface area contributed by atoms with Gasteiger partial charge in [-0.25, -0.2) is 4.39 Å². The predicted octanol–water partition coefficient (Wildman–Crippen LogP) is 4.17. The molecule has 0 unspecified atom stereocenters. The number of nitrogens with zero attached hydrogens (tertiary/aromatic N) is 1. The topological polar surface area (TPSA) is 15.3 Å². The molecule has 1 fully saturated rings. The fourth-order valence-corrected chi connectivity index (χ4v) is 3.91. The normalized spacial score (nSPS) is 21.4. The number of halogens is 1. The molecule has 0 saturated heterocycles. The zero-order chi connectivity index (χ0) is 13.5. The van der Waals surface area contributed by atoms with E-state index in [-0.39, 0.29) is 11.4 Å². The molecule has 0 bridgehead atoms. The van der Waals surface area contributed by atoms with Gasteiger partial charge >= 0.3 is 0 Å². The third kappa shape index (κ3) is 2.09. The molecular weight excluding hydrogens is 239 g/mol. The van der Waals surface area contributed by atoms with Crippen molar-refractivity contribution in [2.75, 3.05) is 16.8 Å². The molecule has 0 aromatic heterocycles. The average Bonchev–Trinajstić information content (AvgIpc) is 2.39. The second kappa shape index (κ2) is 4.69. The molecule has 1 aliphatic carbocycles. The largest absolute Gasteiger partial charge is 0.381 e. The van der Waals surface area contributed by atoms with E-state index < -0.39 is 0 Å². The lowest BCUT2D eigenvalue weighted by molar-refractivity contribution is 0.270. The van der Waals surface area contributed by atoms with E-state index in [1.807, 2.05) is 6.07 Å². The van der Waals surface area contributed by atoms with Gasteiger partial charge < -0.3 is 10.2 Å². The number of anilines is 2.